The van der Waals surface area contributed by atoms with Crippen LogP contribution in [0.5, 0.6) is 0 Å². The number of nitro groups is 1. The molecule has 1 aromatic carbocycles. The SMILES string of the molecule is CCOC(=O)C1=C(C)N=C(NC(C)=O)SC1c1ccccc1[N+](=O)[O-]. The summed E-state index contributed by atoms with van der Waals surface area (Å²) in [6, 6.07) is 6.17. The van der Waals surface area contributed by atoms with E-state index in [9.17, 15) is 19.7 Å². The molecule has 1 aliphatic heterocycles. The molecule has 1 aliphatic rings. The van der Waals surface area contributed by atoms with Crippen LogP contribution >= 0.6 is 11.8 Å². The van der Waals surface area contributed by atoms with Gasteiger partial charge in [-0.1, -0.05) is 30.0 Å². The first-order chi connectivity index (χ1) is 11.8. The van der Waals surface area contributed by atoms with E-state index in [1.54, 1.807) is 32.0 Å². The first-order valence-electron chi connectivity index (χ1n) is 7.49. The third kappa shape index (κ3) is 4.24. The van der Waals surface area contributed by atoms with Crippen molar-refractivity contribution < 1.29 is 19.2 Å². The van der Waals surface area contributed by atoms with Gasteiger partial charge in [0, 0.05) is 18.6 Å². The lowest BCUT2D eigenvalue weighted by Crippen LogP contribution is -2.30. The number of amides is 1. The van der Waals surface area contributed by atoms with E-state index in [4.69, 9.17) is 4.74 Å². The van der Waals surface area contributed by atoms with Gasteiger partial charge in [0.2, 0.25) is 5.91 Å². The molecule has 1 heterocycles. The lowest BCUT2D eigenvalue weighted by atomic mass is 10.0. The number of amidine groups is 1. The molecule has 0 aromatic heterocycles. The van der Waals surface area contributed by atoms with E-state index in [0.29, 0.717) is 11.3 Å². The van der Waals surface area contributed by atoms with Crippen LogP contribution in [-0.2, 0) is 14.3 Å². The number of allylic oxidation sites excluding steroid dienone is 1. The molecule has 1 unspecified atom stereocenters. The van der Waals surface area contributed by atoms with Crippen molar-refractivity contribution in [2.75, 3.05) is 6.61 Å². The minimum atomic E-state index is -0.708. The van der Waals surface area contributed by atoms with E-state index in [-0.39, 0.29) is 28.9 Å². The summed E-state index contributed by atoms with van der Waals surface area (Å²) in [5, 5.41) is 13.5. The number of nitrogens with zero attached hydrogens (tertiary/aromatic N) is 2. The molecule has 0 bridgehead atoms. The van der Waals surface area contributed by atoms with E-state index < -0.39 is 16.1 Å². The molecule has 1 aromatic rings. The molecular formula is C16H17N3O5S. The van der Waals surface area contributed by atoms with Crippen molar-refractivity contribution in [2.45, 2.75) is 26.0 Å². The Morgan fingerprint density at radius 1 is 1.40 bits per heavy atom. The number of nitrogens with one attached hydrogen (secondary N) is 1. The van der Waals surface area contributed by atoms with Gasteiger partial charge in [-0.2, -0.15) is 0 Å². The molecule has 1 amide bonds. The van der Waals surface area contributed by atoms with Gasteiger partial charge in [0.25, 0.3) is 5.69 Å². The number of carbonyl (C=O) groups is 2. The number of hydrogen-bond donors (Lipinski definition) is 1. The first-order valence-corrected chi connectivity index (χ1v) is 8.37. The van der Waals surface area contributed by atoms with Gasteiger partial charge in [0.1, 0.15) is 0 Å². The standard InChI is InChI=1S/C16H17N3O5S/c1-4-24-15(21)13-9(2)17-16(18-10(3)20)25-14(13)11-7-5-6-8-12(11)19(22)23/h5-8,14H,4H2,1-3H3,(H,17,18,20). The van der Waals surface area contributed by atoms with Crippen LogP contribution in [0.25, 0.3) is 0 Å². The zero-order valence-corrected chi connectivity index (χ0v) is 14.8. The molecule has 1 atom stereocenters. The van der Waals surface area contributed by atoms with E-state index in [2.05, 4.69) is 10.3 Å². The van der Waals surface area contributed by atoms with Crippen molar-refractivity contribution >= 4 is 34.5 Å². The van der Waals surface area contributed by atoms with E-state index in [1.165, 1.54) is 13.0 Å². The van der Waals surface area contributed by atoms with Crippen LogP contribution in [0.15, 0.2) is 40.5 Å². The second kappa shape index (κ2) is 7.93. The highest BCUT2D eigenvalue weighted by Gasteiger charge is 2.35. The topological polar surface area (TPSA) is 111 Å². The van der Waals surface area contributed by atoms with E-state index >= 15 is 0 Å². The van der Waals surface area contributed by atoms with Crippen molar-refractivity contribution in [3.05, 3.63) is 51.2 Å². The van der Waals surface area contributed by atoms with Crippen LogP contribution in [0, 0.1) is 10.1 Å². The minimum absolute atomic E-state index is 0.112. The molecule has 0 saturated carbocycles. The maximum absolute atomic E-state index is 12.4. The number of esters is 1. The minimum Gasteiger partial charge on any atom is -0.463 e. The zero-order chi connectivity index (χ0) is 18.6. The lowest BCUT2D eigenvalue weighted by molar-refractivity contribution is -0.385. The highest BCUT2D eigenvalue weighted by Crippen LogP contribution is 2.44. The molecule has 2 rings (SSSR count). The monoisotopic (exact) mass is 363 g/mol. The average molecular weight is 363 g/mol. The van der Waals surface area contributed by atoms with Crippen molar-refractivity contribution in [1.82, 2.24) is 5.32 Å². The number of rotatable bonds is 4. The molecule has 0 fully saturated rings. The summed E-state index contributed by atoms with van der Waals surface area (Å²) >= 11 is 1.07. The normalized spacial score (nSPS) is 16.9. The molecule has 132 valence electrons. The summed E-state index contributed by atoms with van der Waals surface area (Å²) in [5.41, 5.74) is 0.815. The number of hydrogen-bond acceptors (Lipinski definition) is 7. The molecule has 0 spiro atoms. The fraction of sp³-hybridized carbons (Fsp3) is 0.312. The molecule has 0 saturated heterocycles. The zero-order valence-electron chi connectivity index (χ0n) is 13.9. The molecule has 9 heteroatoms. The van der Waals surface area contributed by atoms with Gasteiger partial charge in [-0.25, -0.2) is 9.79 Å². The number of aliphatic imine (C=N–C) groups is 1. The number of carbonyl (C=O) groups excluding carboxylic acids is 2. The summed E-state index contributed by atoms with van der Waals surface area (Å²) in [6.45, 7) is 4.79. The number of thioether (sulfide) groups is 1. The van der Waals surface area contributed by atoms with Crippen molar-refractivity contribution in [2.24, 2.45) is 4.99 Å². The van der Waals surface area contributed by atoms with Crippen molar-refractivity contribution in [3.63, 3.8) is 0 Å². The van der Waals surface area contributed by atoms with E-state index in [0.717, 1.165) is 11.8 Å². The van der Waals surface area contributed by atoms with E-state index in [1.807, 2.05) is 0 Å². The Balaban J connectivity index is 2.57. The van der Waals surface area contributed by atoms with Gasteiger partial charge in [-0.3, -0.25) is 14.9 Å². The number of benzene rings is 1. The van der Waals surface area contributed by atoms with Crippen LogP contribution in [0.3, 0.4) is 0 Å². The second-order valence-electron chi connectivity index (χ2n) is 5.13. The summed E-state index contributed by atoms with van der Waals surface area (Å²) in [6.07, 6.45) is 0. The summed E-state index contributed by atoms with van der Waals surface area (Å²) in [5.74, 6) is -0.902. The highest BCUT2D eigenvalue weighted by atomic mass is 32.2. The van der Waals surface area contributed by atoms with Gasteiger partial charge in [-0.05, 0) is 13.8 Å². The third-order valence-electron chi connectivity index (χ3n) is 3.34. The molecule has 0 radical (unpaired) electrons. The maximum atomic E-state index is 12.4. The average Bonchev–Trinajstić information content (AvgIpc) is 2.53. The Morgan fingerprint density at radius 2 is 2.08 bits per heavy atom. The Labute approximate surface area is 148 Å². The van der Waals surface area contributed by atoms with Gasteiger partial charge < -0.3 is 10.1 Å². The Bertz CT molecular complexity index is 788. The van der Waals surface area contributed by atoms with Crippen molar-refractivity contribution in [1.29, 1.82) is 0 Å². The largest absolute Gasteiger partial charge is 0.463 e. The fourth-order valence-electron chi connectivity index (χ4n) is 2.37. The number of ether oxygens (including phenoxy) is 1. The van der Waals surface area contributed by atoms with Crippen LogP contribution in [-0.4, -0.2) is 28.6 Å². The highest BCUT2D eigenvalue weighted by molar-refractivity contribution is 8.14. The summed E-state index contributed by atoms with van der Waals surface area (Å²) < 4.78 is 5.08. The van der Waals surface area contributed by atoms with Crippen LogP contribution in [0.1, 0.15) is 31.6 Å². The smallest absolute Gasteiger partial charge is 0.337 e. The molecule has 8 nitrogen and oxygen atoms in total. The lowest BCUT2D eigenvalue weighted by Gasteiger charge is -2.25. The Hall–Kier alpha value is -2.68. The first kappa shape index (κ1) is 18.7. The Kier molecular flexibility index (Phi) is 5.92. The van der Waals surface area contributed by atoms with Crippen LogP contribution in [0.2, 0.25) is 0 Å². The van der Waals surface area contributed by atoms with Gasteiger partial charge in [0.05, 0.1) is 28.1 Å². The predicted molar refractivity (Wildman–Crippen MR) is 94.0 cm³/mol. The van der Waals surface area contributed by atoms with Gasteiger partial charge >= 0.3 is 5.97 Å². The predicted octanol–water partition coefficient (Wildman–Crippen LogP) is 2.71. The third-order valence-corrected chi connectivity index (χ3v) is 4.49. The maximum Gasteiger partial charge on any atom is 0.337 e. The number of nitro benzene ring substituents is 1. The second-order valence-corrected chi connectivity index (χ2v) is 6.23. The molecule has 1 N–H and O–H groups in total. The van der Waals surface area contributed by atoms with Crippen LogP contribution < -0.4 is 5.32 Å². The fourth-order valence-corrected chi connectivity index (χ4v) is 3.69. The van der Waals surface area contributed by atoms with Crippen LogP contribution in [0.4, 0.5) is 5.69 Å². The Morgan fingerprint density at radius 3 is 2.68 bits per heavy atom. The molecular weight excluding hydrogens is 346 g/mol. The molecule has 25 heavy (non-hydrogen) atoms. The van der Waals surface area contributed by atoms with Gasteiger partial charge in [0.15, 0.2) is 5.17 Å². The summed E-state index contributed by atoms with van der Waals surface area (Å²) in [4.78, 5) is 38.8. The van der Waals surface area contributed by atoms with Gasteiger partial charge in [-0.15, -0.1) is 0 Å². The number of para-hydroxylation sites is 1. The summed E-state index contributed by atoms with van der Waals surface area (Å²) in [7, 11) is 0. The quantitative estimate of drug-likeness (QED) is 0.500. The van der Waals surface area contributed by atoms with Crippen molar-refractivity contribution in [3.8, 4) is 0 Å². The molecule has 0 aliphatic carbocycles.